The van der Waals surface area contributed by atoms with Crippen molar-refractivity contribution >= 4 is 17.4 Å². The van der Waals surface area contributed by atoms with E-state index in [4.69, 9.17) is 0 Å². The number of hydrogen-bond acceptors (Lipinski definition) is 3. The van der Waals surface area contributed by atoms with Crippen LogP contribution in [0, 0.1) is 0 Å². The van der Waals surface area contributed by atoms with Crippen molar-refractivity contribution in [1.29, 1.82) is 0 Å². The average Bonchev–Trinajstić information content (AvgIpc) is 2.53. The van der Waals surface area contributed by atoms with E-state index >= 15 is 0 Å². The van der Waals surface area contributed by atoms with Crippen LogP contribution in [0.25, 0.3) is 0 Å². The number of unbranched alkanes of at least 4 members (excludes halogenated alkanes) is 1. The number of nitrogens with zero attached hydrogens (tertiary/aromatic N) is 2. The lowest BCUT2D eigenvalue weighted by Crippen LogP contribution is -2.39. The van der Waals surface area contributed by atoms with Crippen LogP contribution in [0.15, 0.2) is 18.3 Å². The van der Waals surface area contributed by atoms with Crippen molar-refractivity contribution in [3.63, 3.8) is 0 Å². The molecule has 4 nitrogen and oxygen atoms in total. The molecule has 0 saturated carbocycles. The van der Waals surface area contributed by atoms with Crippen molar-refractivity contribution in [3.05, 3.63) is 18.3 Å². The summed E-state index contributed by atoms with van der Waals surface area (Å²) >= 11 is 0. The Balaban J connectivity index is 1.96. The van der Waals surface area contributed by atoms with Gasteiger partial charge in [-0.15, -0.1) is 0 Å². The van der Waals surface area contributed by atoms with Gasteiger partial charge in [0.15, 0.2) is 0 Å². The predicted molar refractivity (Wildman–Crippen MR) is 87.7 cm³/mol. The lowest BCUT2D eigenvalue weighted by atomic mass is 10.00. The molecule has 1 amide bonds. The molecule has 1 unspecified atom stereocenters. The topological polar surface area (TPSA) is 45.2 Å². The van der Waals surface area contributed by atoms with E-state index in [-0.39, 0.29) is 5.91 Å². The van der Waals surface area contributed by atoms with Crippen molar-refractivity contribution < 1.29 is 4.79 Å². The second-order valence-electron chi connectivity index (χ2n) is 5.81. The van der Waals surface area contributed by atoms with E-state index in [9.17, 15) is 4.79 Å². The van der Waals surface area contributed by atoms with E-state index in [1.54, 1.807) is 6.20 Å². The molecule has 116 valence electrons. The molecular formula is C17H27N3O. The fourth-order valence-corrected chi connectivity index (χ4v) is 2.92. The first-order valence-electron chi connectivity index (χ1n) is 8.27. The summed E-state index contributed by atoms with van der Waals surface area (Å²) in [7, 11) is 0. The van der Waals surface area contributed by atoms with Crippen molar-refractivity contribution in [2.45, 2.75) is 64.8 Å². The van der Waals surface area contributed by atoms with Crippen LogP contribution in [0.4, 0.5) is 11.5 Å². The smallest absolute Gasteiger partial charge is 0.224 e. The van der Waals surface area contributed by atoms with Gasteiger partial charge in [0.2, 0.25) is 5.91 Å². The summed E-state index contributed by atoms with van der Waals surface area (Å²) in [4.78, 5) is 18.7. The summed E-state index contributed by atoms with van der Waals surface area (Å²) in [5.74, 6) is 1.11. The minimum Gasteiger partial charge on any atom is -0.354 e. The molecule has 21 heavy (non-hydrogen) atoms. The first-order chi connectivity index (χ1) is 10.2. The summed E-state index contributed by atoms with van der Waals surface area (Å²) < 4.78 is 0. The molecule has 1 atom stereocenters. The van der Waals surface area contributed by atoms with E-state index < -0.39 is 0 Å². The first-order valence-corrected chi connectivity index (χ1v) is 8.27. The van der Waals surface area contributed by atoms with Crippen LogP contribution >= 0.6 is 0 Å². The summed E-state index contributed by atoms with van der Waals surface area (Å²) in [5.41, 5.74) is 0.796. The van der Waals surface area contributed by atoms with Gasteiger partial charge in [-0.3, -0.25) is 4.79 Å². The maximum absolute atomic E-state index is 11.7. The van der Waals surface area contributed by atoms with Crippen molar-refractivity contribution in [2.24, 2.45) is 0 Å². The Hall–Kier alpha value is -1.58. The molecule has 0 spiro atoms. The van der Waals surface area contributed by atoms with Gasteiger partial charge in [0.25, 0.3) is 0 Å². The Morgan fingerprint density at radius 3 is 2.90 bits per heavy atom. The standard InChI is InChI=1S/C17H27N3O/c1-3-5-9-17(21)19-14-10-11-16(18-13-14)20-12-7-6-8-15(20)4-2/h10-11,13,15H,3-9,12H2,1-2H3,(H,19,21). The highest BCUT2D eigenvalue weighted by atomic mass is 16.1. The molecule has 1 saturated heterocycles. The highest BCUT2D eigenvalue weighted by molar-refractivity contribution is 5.90. The number of aromatic nitrogens is 1. The lowest BCUT2D eigenvalue weighted by Gasteiger charge is -2.36. The Bertz CT molecular complexity index is 444. The second-order valence-corrected chi connectivity index (χ2v) is 5.81. The highest BCUT2D eigenvalue weighted by Crippen LogP contribution is 2.25. The molecule has 0 radical (unpaired) electrons. The van der Waals surface area contributed by atoms with Gasteiger partial charge in [-0.05, 0) is 44.2 Å². The number of piperidine rings is 1. The molecule has 1 aliphatic rings. The van der Waals surface area contributed by atoms with Crippen LogP contribution in [0.5, 0.6) is 0 Å². The molecule has 1 aromatic rings. The van der Waals surface area contributed by atoms with Gasteiger partial charge in [-0.25, -0.2) is 4.98 Å². The second kappa shape index (κ2) is 8.01. The Labute approximate surface area is 127 Å². The molecule has 1 aromatic heterocycles. The number of rotatable bonds is 6. The molecule has 0 bridgehead atoms. The number of hydrogen-bond donors (Lipinski definition) is 1. The van der Waals surface area contributed by atoms with Crippen LogP contribution in [0.2, 0.25) is 0 Å². The molecule has 1 N–H and O–H groups in total. The van der Waals surface area contributed by atoms with Crippen molar-refractivity contribution in [3.8, 4) is 0 Å². The molecule has 1 fully saturated rings. The third-order valence-electron chi connectivity index (χ3n) is 4.18. The third-order valence-corrected chi connectivity index (χ3v) is 4.18. The van der Waals surface area contributed by atoms with Crippen molar-refractivity contribution in [1.82, 2.24) is 4.98 Å². The van der Waals surface area contributed by atoms with E-state index in [0.29, 0.717) is 12.5 Å². The summed E-state index contributed by atoms with van der Waals surface area (Å²) in [6.45, 7) is 5.42. The van der Waals surface area contributed by atoms with Crippen LogP contribution in [0.1, 0.15) is 58.8 Å². The molecule has 1 aliphatic heterocycles. The van der Waals surface area contributed by atoms with E-state index in [1.807, 2.05) is 12.1 Å². The zero-order chi connectivity index (χ0) is 15.1. The number of amides is 1. The molecule has 2 rings (SSSR count). The molecule has 0 aromatic carbocycles. The Morgan fingerprint density at radius 1 is 1.38 bits per heavy atom. The SMILES string of the molecule is CCCCC(=O)Nc1ccc(N2CCCCC2CC)nc1. The Kier molecular flexibility index (Phi) is 6.03. The molecule has 4 heteroatoms. The van der Waals surface area contributed by atoms with Crippen LogP contribution in [-0.2, 0) is 4.79 Å². The summed E-state index contributed by atoms with van der Waals surface area (Å²) in [6, 6.07) is 4.60. The fourth-order valence-electron chi connectivity index (χ4n) is 2.92. The first kappa shape index (κ1) is 15.8. The monoisotopic (exact) mass is 289 g/mol. The van der Waals surface area contributed by atoms with Crippen LogP contribution < -0.4 is 10.2 Å². The number of pyridine rings is 1. The van der Waals surface area contributed by atoms with Crippen molar-refractivity contribution in [2.75, 3.05) is 16.8 Å². The minimum atomic E-state index is 0.0795. The van der Waals surface area contributed by atoms with Gasteiger partial charge in [-0.1, -0.05) is 20.3 Å². The predicted octanol–water partition coefficient (Wildman–Crippen LogP) is 3.98. The Morgan fingerprint density at radius 2 is 2.24 bits per heavy atom. The van der Waals surface area contributed by atoms with E-state index in [2.05, 4.69) is 29.0 Å². The van der Waals surface area contributed by atoms with Gasteiger partial charge in [-0.2, -0.15) is 0 Å². The van der Waals surface area contributed by atoms with Crippen LogP contribution in [0.3, 0.4) is 0 Å². The van der Waals surface area contributed by atoms with Gasteiger partial charge >= 0.3 is 0 Å². The average molecular weight is 289 g/mol. The fraction of sp³-hybridized carbons (Fsp3) is 0.647. The number of nitrogens with one attached hydrogen (secondary N) is 1. The van der Waals surface area contributed by atoms with Gasteiger partial charge in [0, 0.05) is 19.0 Å². The minimum absolute atomic E-state index is 0.0795. The zero-order valence-corrected chi connectivity index (χ0v) is 13.3. The number of carbonyl (C=O) groups excluding carboxylic acids is 1. The highest BCUT2D eigenvalue weighted by Gasteiger charge is 2.21. The number of anilines is 2. The van der Waals surface area contributed by atoms with Gasteiger partial charge in [0.1, 0.15) is 5.82 Å². The molecular weight excluding hydrogens is 262 g/mol. The largest absolute Gasteiger partial charge is 0.354 e. The summed E-state index contributed by atoms with van der Waals surface area (Å²) in [5, 5.41) is 2.91. The quantitative estimate of drug-likeness (QED) is 0.861. The normalized spacial score (nSPS) is 18.6. The van der Waals surface area contributed by atoms with E-state index in [0.717, 1.165) is 37.3 Å². The summed E-state index contributed by atoms with van der Waals surface area (Å²) in [6.07, 6.45) is 9.32. The van der Waals surface area contributed by atoms with Gasteiger partial charge in [0.05, 0.1) is 11.9 Å². The third kappa shape index (κ3) is 4.45. The zero-order valence-electron chi connectivity index (χ0n) is 13.3. The maximum atomic E-state index is 11.7. The maximum Gasteiger partial charge on any atom is 0.224 e. The molecule has 2 heterocycles. The number of carbonyl (C=O) groups is 1. The van der Waals surface area contributed by atoms with Crippen LogP contribution in [-0.4, -0.2) is 23.5 Å². The van der Waals surface area contributed by atoms with E-state index in [1.165, 1.54) is 19.3 Å². The lowest BCUT2D eigenvalue weighted by molar-refractivity contribution is -0.116. The van der Waals surface area contributed by atoms with Gasteiger partial charge < -0.3 is 10.2 Å². The molecule has 0 aliphatic carbocycles.